The zero-order valence-electron chi connectivity index (χ0n) is 11.4. The number of benzene rings is 1. The van der Waals surface area contributed by atoms with Crippen molar-refractivity contribution in [1.29, 1.82) is 0 Å². The number of carbonyl (C=O) groups is 2. The zero-order chi connectivity index (χ0) is 15.4. The van der Waals surface area contributed by atoms with Crippen LogP contribution in [0.5, 0.6) is 0 Å². The van der Waals surface area contributed by atoms with Crippen LogP contribution < -0.4 is 11.1 Å². The maximum Gasteiger partial charge on any atom is 0.253 e. The van der Waals surface area contributed by atoms with Crippen LogP contribution in [0.4, 0.5) is 0 Å². The number of carbonyl (C=O) groups excluding carboxylic acids is 2. The van der Waals surface area contributed by atoms with E-state index in [1.54, 1.807) is 18.2 Å². The van der Waals surface area contributed by atoms with Gasteiger partial charge in [0.15, 0.2) is 0 Å². The summed E-state index contributed by atoms with van der Waals surface area (Å²) in [4.78, 5) is 25.1. The first kappa shape index (κ1) is 16.1. The van der Waals surface area contributed by atoms with E-state index in [0.29, 0.717) is 15.6 Å². The van der Waals surface area contributed by atoms with E-state index in [1.807, 2.05) is 4.90 Å². The molecule has 5 nitrogen and oxygen atoms in total. The summed E-state index contributed by atoms with van der Waals surface area (Å²) in [6.07, 6.45) is 1.55. The summed E-state index contributed by atoms with van der Waals surface area (Å²) in [5.41, 5.74) is 5.55. The standard InChI is InChI=1S/C14H17Cl2N3O2/c15-9-1-2-12(16)11(7-9)14(21)18-10-3-5-19(6-4-10)8-13(17)20/h1-2,7,10H,3-6,8H2,(H2,17,20)(H,18,21). The van der Waals surface area contributed by atoms with Gasteiger partial charge in [0.1, 0.15) is 0 Å². The van der Waals surface area contributed by atoms with E-state index >= 15 is 0 Å². The number of nitrogens with zero attached hydrogens (tertiary/aromatic N) is 1. The molecule has 2 rings (SSSR count). The minimum atomic E-state index is -0.330. The number of piperidine rings is 1. The minimum absolute atomic E-state index is 0.0664. The lowest BCUT2D eigenvalue weighted by Gasteiger charge is -2.31. The van der Waals surface area contributed by atoms with E-state index < -0.39 is 0 Å². The first-order valence-electron chi connectivity index (χ1n) is 6.72. The average Bonchev–Trinajstić information content (AvgIpc) is 2.43. The second-order valence-electron chi connectivity index (χ2n) is 5.11. The van der Waals surface area contributed by atoms with Crippen LogP contribution in [0.2, 0.25) is 10.0 Å². The van der Waals surface area contributed by atoms with Crippen molar-refractivity contribution < 1.29 is 9.59 Å². The van der Waals surface area contributed by atoms with E-state index in [1.165, 1.54) is 0 Å². The highest BCUT2D eigenvalue weighted by Gasteiger charge is 2.22. The van der Waals surface area contributed by atoms with Gasteiger partial charge in [0, 0.05) is 24.2 Å². The molecular weight excluding hydrogens is 313 g/mol. The van der Waals surface area contributed by atoms with Gasteiger partial charge >= 0.3 is 0 Å². The van der Waals surface area contributed by atoms with Crippen LogP contribution in [0.25, 0.3) is 0 Å². The molecule has 0 saturated carbocycles. The number of primary amides is 1. The van der Waals surface area contributed by atoms with Crippen molar-refractivity contribution in [2.24, 2.45) is 5.73 Å². The highest BCUT2D eigenvalue weighted by molar-refractivity contribution is 6.35. The Kier molecular flexibility index (Phi) is 5.45. The van der Waals surface area contributed by atoms with Crippen molar-refractivity contribution in [3.63, 3.8) is 0 Å². The predicted molar refractivity (Wildman–Crippen MR) is 82.6 cm³/mol. The summed E-state index contributed by atoms with van der Waals surface area (Å²) >= 11 is 11.9. The van der Waals surface area contributed by atoms with Gasteiger partial charge in [-0.1, -0.05) is 23.2 Å². The largest absolute Gasteiger partial charge is 0.369 e. The van der Waals surface area contributed by atoms with Crippen molar-refractivity contribution in [2.45, 2.75) is 18.9 Å². The normalized spacial score (nSPS) is 16.7. The molecule has 1 aromatic carbocycles. The zero-order valence-corrected chi connectivity index (χ0v) is 13.0. The molecule has 2 amide bonds. The lowest BCUT2D eigenvalue weighted by molar-refractivity contribution is -0.119. The SMILES string of the molecule is NC(=O)CN1CCC(NC(=O)c2cc(Cl)ccc2Cl)CC1. The Morgan fingerprint density at radius 3 is 2.57 bits per heavy atom. The molecule has 21 heavy (non-hydrogen) atoms. The number of hydrogen-bond acceptors (Lipinski definition) is 3. The Hall–Kier alpha value is -1.30. The summed E-state index contributed by atoms with van der Waals surface area (Å²) in [6, 6.07) is 4.87. The summed E-state index contributed by atoms with van der Waals surface area (Å²) < 4.78 is 0. The molecule has 1 heterocycles. The van der Waals surface area contributed by atoms with E-state index in [0.717, 1.165) is 25.9 Å². The van der Waals surface area contributed by atoms with E-state index in [-0.39, 0.29) is 24.4 Å². The molecule has 1 saturated heterocycles. The fourth-order valence-electron chi connectivity index (χ4n) is 2.39. The van der Waals surface area contributed by atoms with Gasteiger partial charge in [0.25, 0.3) is 5.91 Å². The molecule has 0 bridgehead atoms. The van der Waals surface area contributed by atoms with E-state index in [2.05, 4.69) is 5.32 Å². The van der Waals surface area contributed by atoms with Gasteiger partial charge in [0.2, 0.25) is 5.91 Å². The molecule has 1 aliphatic rings. The van der Waals surface area contributed by atoms with Crippen LogP contribution >= 0.6 is 23.2 Å². The quantitative estimate of drug-likeness (QED) is 0.882. The molecule has 1 aliphatic heterocycles. The summed E-state index contributed by atoms with van der Waals surface area (Å²) in [7, 11) is 0. The molecule has 0 aliphatic carbocycles. The molecular formula is C14H17Cl2N3O2. The molecule has 114 valence electrons. The van der Waals surface area contributed by atoms with Crippen molar-refractivity contribution in [3.05, 3.63) is 33.8 Å². The van der Waals surface area contributed by atoms with Gasteiger partial charge in [0.05, 0.1) is 17.1 Å². The number of amides is 2. The van der Waals surface area contributed by atoms with Crippen LogP contribution in [0.15, 0.2) is 18.2 Å². The van der Waals surface area contributed by atoms with Crippen molar-refractivity contribution in [1.82, 2.24) is 10.2 Å². The van der Waals surface area contributed by atoms with Crippen LogP contribution in [0.3, 0.4) is 0 Å². The van der Waals surface area contributed by atoms with E-state index in [4.69, 9.17) is 28.9 Å². The lowest BCUT2D eigenvalue weighted by Crippen LogP contribution is -2.46. The maximum absolute atomic E-state index is 12.2. The molecule has 7 heteroatoms. The van der Waals surface area contributed by atoms with Crippen LogP contribution in [0.1, 0.15) is 23.2 Å². The molecule has 0 atom stereocenters. The first-order valence-corrected chi connectivity index (χ1v) is 7.48. The Balaban J connectivity index is 1.90. The molecule has 0 radical (unpaired) electrons. The minimum Gasteiger partial charge on any atom is -0.369 e. The molecule has 0 spiro atoms. The fourth-order valence-corrected chi connectivity index (χ4v) is 2.77. The lowest BCUT2D eigenvalue weighted by atomic mass is 10.0. The second kappa shape index (κ2) is 7.11. The van der Waals surface area contributed by atoms with Gasteiger partial charge in [-0.25, -0.2) is 0 Å². The maximum atomic E-state index is 12.2. The molecule has 1 fully saturated rings. The Labute approximate surface area is 133 Å². The third kappa shape index (κ3) is 4.59. The number of likely N-dealkylation sites (tertiary alicyclic amines) is 1. The van der Waals surface area contributed by atoms with Crippen LogP contribution in [-0.2, 0) is 4.79 Å². The van der Waals surface area contributed by atoms with Gasteiger partial charge in [-0.3, -0.25) is 14.5 Å². The number of halogens is 2. The topological polar surface area (TPSA) is 75.4 Å². The van der Waals surface area contributed by atoms with E-state index in [9.17, 15) is 9.59 Å². The number of rotatable bonds is 4. The molecule has 3 N–H and O–H groups in total. The summed E-state index contributed by atoms with van der Waals surface area (Å²) in [6.45, 7) is 1.73. The molecule has 0 aromatic heterocycles. The van der Waals surface area contributed by atoms with Gasteiger partial charge < -0.3 is 11.1 Å². The third-order valence-electron chi connectivity index (χ3n) is 3.48. The second-order valence-corrected chi connectivity index (χ2v) is 5.96. The highest BCUT2D eigenvalue weighted by atomic mass is 35.5. The average molecular weight is 330 g/mol. The number of nitrogens with two attached hydrogens (primary N) is 1. The van der Waals surface area contributed by atoms with Gasteiger partial charge in [-0.15, -0.1) is 0 Å². The smallest absolute Gasteiger partial charge is 0.253 e. The first-order chi connectivity index (χ1) is 9.95. The fraction of sp³-hybridized carbons (Fsp3) is 0.429. The van der Waals surface area contributed by atoms with Crippen molar-refractivity contribution in [2.75, 3.05) is 19.6 Å². The Morgan fingerprint density at radius 1 is 1.29 bits per heavy atom. The monoisotopic (exact) mass is 329 g/mol. The predicted octanol–water partition coefficient (Wildman–Crippen LogP) is 1.67. The van der Waals surface area contributed by atoms with Crippen LogP contribution in [0, 0.1) is 0 Å². The van der Waals surface area contributed by atoms with Crippen LogP contribution in [-0.4, -0.2) is 42.4 Å². The molecule has 0 unspecified atom stereocenters. The summed E-state index contributed by atoms with van der Waals surface area (Å²) in [5.74, 6) is -0.556. The number of hydrogen-bond donors (Lipinski definition) is 2. The van der Waals surface area contributed by atoms with Crippen molar-refractivity contribution >= 4 is 35.0 Å². The molecule has 1 aromatic rings. The third-order valence-corrected chi connectivity index (χ3v) is 4.04. The Bertz CT molecular complexity index is 543. The van der Waals surface area contributed by atoms with Gasteiger partial charge in [-0.2, -0.15) is 0 Å². The number of nitrogens with one attached hydrogen (secondary N) is 1. The Morgan fingerprint density at radius 2 is 1.95 bits per heavy atom. The van der Waals surface area contributed by atoms with Gasteiger partial charge in [-0.05, 0) is 31.0 Å². The van der Waals surface area contributed by atoms with Crippen molar-refractivity contribution in [3.8, 4) is 0 Å². The highest BCUT2D eigenvalue weighted by Crippen LogP contribution is 2.21. The summed E-state index contributed by atoms with van der Waals surface area (Å²) in [5, 5.41) is 3.80.